The highest BCUT2D eigenvalue weighted by molar-refractivity contribution is 7.18. The van der Waals surface area contributed by atoms with Crippen molar-refractivity contribution in [2.75, 3.05) is 25.0 Å². The third kappa shape index (κ3) is 6.56. The van der Waals surface area contributed by atoms with Crippen LogP contribution in [0, 0.1) is 0 Å². The number of hydrogen-bond donors (Lipinski definition) is 3. The molecule has 3 amide bonds. The van der Waals surface area contributed by atoms with Crippen molar-refractivity contribution in [3.63, 3.8) is 0 Å². The molecule has 4 aromatic rings. The van der Waals surface area contributed by atoms with E-state index in [-0.39, 0.29) is 29.7 Å². The number of aromatic nitrogens is 1. The Morgan fingerprint density at radius 2 is 1.76 bits per heavy atom. The van der Waals surface area contributed by atoms with Gasteiger partial charge in [-0.3, -0.25) is 14.4 Å². The smallest absolute Gasteiger partial charge is 0.264 e. The van der Waals surface area contributed by atoms with E-state index in [1.807, 2.05) is 53.6 Å². The molecule has 2 aromatic carbocycles. The second-order valence-corrected chi connectivity index (χ2v) is 12.6. The van der Waals surface area contributed by atoms with Crippen LogP contribution in [-0.4, -0.2) is 53.3 Å². The molecule has 4 heterocycles. The second kappa shape index (κ2) is 12.3. The van der Waals surface area contributed by atoms with Gasteiger partial charge in [-0.05, 0) is 48.2 Å². The van der Waals surface area contributed by atoms with E-state index in [0.29, 0.717) is 35.9 Å². The van der Waals surface area contributed by atoms with Crippen LogP contribution in [0.4, 0.5) is 5.00 Å². The summed E-state index contributed by atoms with van der Waals surface area (Å²) < 4.78 is 0. The molecule has 210 valence electrons. The Kier molecular flexibility index (Phi) is 8.22. The quantitative estimate of drug-likeness (QED) is 0.265. The molecule has 3 N–H and O–H groups in total. The molecule has 2 saturated heterocycles. The topological polar surface area (TPSA) is 103 Å². The summed E-state index contributed by atoms with van der Waals surface area (Å²) in [6, 6.07) is 21.3. The lowest BCUT2D eigenvalue weighted by molar-refractivity contribution is -0.120. The Morgan fingerprint density at radius 1 is 0.951 bits per heavy atom. The normalized spacial score (nSPS) is 16.8. The van der Waals surface area contributed by atoms with Gasteiger partial charge in [0.05, 0.1) is 32.2 Å². The number of benzene rings is 2. The van der Waals surface area contributed by atoms with Crippen LogP contribution < -0.4 is 16.0 Å². The summed E-state index contributed by atoms with van der Waals surface area (Å²) in [7, 11) is 0. The Balaban J connectivity index is 0.974. The molecule has 2 aliphatic heterocycles. The first-order chi connectivity index (χ1) is 20.0. The number of nitrogens with zero attached hydrogens (tertiary/aromatic N) is 2. The van der Waals surface area contributed by atoms with Crippen molar-refractivity contribution in [3.05, 3.63) is 93.9 Å². The van der Waals surface area contributed by atoms with Crippen LogP contribution in [0.15, 0.2) is 72.9 Å². The van der Waals surface area contributed by atoms with Crippen LogP contribution in [0.25, 0.3) is 10.4 Å². The molecule has 1 atom stereocenters. The van der Waals surface area contributed by atoms with Gasteiger partial charge in [0.2, 0.25) is 11.8 Å². The van der Waals surface area contributed by atoms with E-state index in [9.17, 15) is 14.4 Å². The number of anilines is 1. The van der Waals surface area contributed by atoms with Gasteiger partial charge < -0.3 is 20.9 Å². The predicted octanol–water partition coefficient (Wildman–Crippen LogP) is 4.66. The largest absolute Gasteiger partial charge is 0.352 e. The number of amides is 3. The Bertz CT molecular complexity index is 1520. The summed E-state index contributed by atoms with van der Waals surface area (Å²) in [5, 5.41) is 10.8. The van der Waals surface area contributed by atoms with E-state index in [2.05, 4.69) is 33.1 Å². The van der Waals surface area contributed by atoms with Crippen LogP contribution in [0.3, 0.4) is 0 Å². The number of rotatable bonds is 9. The van der Waals surface area contributed by atoms with Crippen molar-refractivity contribution >= 4 is 45.4 Å². The van der Waals surface area contributed by atoms with Gasteiger partial charge in [-0.15, -0.1) is 22.7 Å². The highest BCUT2D eigenvalue weighted by Crippen LogP contribution is 2.36. The van der Waals surface area contributed by atoms with Crippen LogP contribution in [0.2, 0.25) is 0 Å². The van der Waals surface area contributed by atoms with Crippen molar-refractivity contribution in [1.82, 2.24) is 20.5 Å². The summed E-state index contributed by atoms with van der Waals surface area (Å²) in [4.78, 5) is 45.8. The number of likely N-dealkylation sites (tertiary alicyclic amines) is 1. The lowest BCUT2D eigenvalue weighted by Gasteiger charge is -2.37. The lowest BCUT2D eigenvalue weighted by atomic mass is 10.0. The van der Waals surface area contributed by atoms with Gasteiger partial charge in [-0.25, -0.2) is 4.98 Å². The fraction of sp³-hybridized carbons (Fsp3) is 0.290. The number of carbonyl (C=O) groups is 3. The minimum Gasteiger partial charge on any atom is -0.352 e. The molecule has 6 rings (SSSR count). The highest BCUT2D eigenvalue weighted by Gasteiger charge is 2.35. The molecular weight excluding hydrogens is 555 g/mol. The zero-order valence-electron chi connectivity index (χ0n) is 22.5. The van der Waals surface area contributed by atoms with Gasteiger partial charge in [0.15, 0.2) is 0 Å². The standard InChI is InChI=1S/C31H31N5O3S2/c37-27(15-20-5-2-1-3-6-20)33-16-21-8-10-22(11-9-21)26-17-34-30(41-26)23-18-36(19-23)31(39)25-12-13-28(40-25)35-29(38)24-7-4-14-32-24/h1-3,5-6,8-13,17,23-24,32H,4,7,14-16,18-19H2,(H,33,37)(H,35,38)/t24-/m0/s1. The Hall–Kier alpha value is -3.86. The number of carbonyl (C=O) groups excluding carboxylic acids is 3. The van der Waals surface area contributed by atoms with E-state index in [1.165, 1.54) is 11.3 Å². The Morgan fingerprint density at radius 3 is 2.51 bits per heavy atom. The second-order valence-electron chi connectivity index (χ2n) is 10.4. The van der Waals surface area contributed by atoms with E-state index in [1.54, 1.807) is 23.5 Å². The van der Waals surface area contributed by atoms with Crippen molar-refractivity contribution in [3.8, 4) is 10.4 Å². The van der Waals surface area contributed by atoms with Gasteiger partial charge >= 0.3 is 0 Å². The molecule has 0 saturated carbocycles. The molecule has 0 spiro atoms. The third-order valence-corrected chi connectivity index (χ3v) is 9.61. The van der Waals surface area contributed by atoms with Crippen molar-refractivity contribution in [2.24, 2.45) is 0 Å². The molecule has 2 fully saturated rings. The number of thiophene rings is 1. The van der Waals surface area contributed by atoms with Crippen molar-refractivity contribution in [1.29, 1.82) is 0 Å². The maximum Gasteiger partial charge on any atom is 0.264 e. The maximum atomic E-state index is 13.0. The lowest BCUT2D eigenvalue weighted by Crippen LogP contribution is -2.48. The zero-order chi connectivity index (χ0) is 28.2. The predicted molar refractivity (Wildman–Crippen MR) is 162 cm³/mol. The van der Waals surface area contributed by atoms with Crippen LogP contribution >= 0.6 is 22.7 Å². The van der Waals surface area contributed by atoms with Crippen LogP contribution in [0.5, 0.6) is 0 Å². The number of hydrogen-bond acceptors (Lipinski definition) is 7. The van der Waals surface area contributed by atoms with Crippen LogP contribution in [-0.2, 0) is 22.6 Å². The first-order valence-electron chi connectivity index (χ1n) is 13.8. The molecule has 10 heteroatoms. The number of thiazole rings is 1. The minimum absolute atomic E-state index is 0.00329. The van der Waals surface area contributed by atoms with Gasteiger partial charge in [0.1, 0.15) is 0 Å². The SMILES string of the molecule is O=C(Cc1ccccc1)NCc1ccc(-c2cnc(C3CN(C(=O)c4ccc(NC(=O)[C@@H]5CCCN5)s4)C3)s2)cc1. The summed E-state index contributed by atoms with van der Waals surface area (Å²) >= 11 is 2.98. The molecule has 41 heavy (non-hydrogen) atoms. The van der Waals surface area contributed by atoms with Gasteiger partial charge in [-0.2, -0.15) is 0 Å². The van der Waals surface area contributed by atoms with E-state index < -0.39 is 0 Å². The van der Waals surface area contributed by atoms with E-state index in [0.717, 1.165) is 46.0 Å². The van der Waals surface area contributed by atoms with Crippen molar-refractivity contribution in [2.45, 2.75) is 37.8 Å². The average molecular weight is 586 g/mol. The van der Waals surface area contributed by atoms with E-state index >= 15 is 0 Å². The fourth-order valence-electron chi connectivity index (χ4n) is 5.03. The monoisotopic (exact) mass is 585 g/mol. The van der Waals surface area contributed by atoms with Gasteiger partial charge in [0.25, 0.3) is 5.91 Å². The minimum atomic E-state index is -0.147. The van der Waals surface area contributed by atoms with Gasteiger partial charge in [0, 0.05) is 31.7 Å². The molecule has 2 aliphatic rings. The maximum absolute atomic E-state index is 13.0. The highest BCUT2D eigenvalue weighted by atomic mass is 32.1. The molecule has 8 nitrogen and oxygen atoms in total. The third-order valence-electron chi connectivity index (χ3n) is 7.42. The fourth-order valence-corrected chi connectivity index (χ4v) is 6.92. The molecule has 0 unspecified atom stereocenters. The molecular formula is C31H31N5O3S2. The summed E-state index contributed by atoms with van der Waals surface area (Å²) in [5.74, 6) is 0.189. The molecule has 0 bridgehead atoms. The first kappa shape index (κ1) is 27.3. The molecule has 0 aliphatic carbocycles. The Labute approximate surface area is 246 Å². The number of nitrogens with one attached hydrogen (secondary N) is 3. The molecule has 0 radical (unpaired) electrons. The van der Waals surface area contributed by atoms with Crippen LogP contribution in [0.1, 0.15) is 44.6 Å². The van der Waals surface area contributed by atoms with E-state index in [4.69, 9.17) is 0 Å². The zero-order valence-corrected chi connectivity index (χ0v) is 24.1. The molecule has 2 aromatic heterocycles. The van der Waals surface area contributed by atoms with Crippen molar-refractivity contribution < 1.29 is 14.4 Å². The van der Waals surface area contributed by atoms with Gasteiger partial charge in [-0.1, -0.05) is 54.6 Å². The summed E-state index contributed by atoms with van der Waals surface area (Å²) in [5.41, 5.74) is 3.12. The summed E-state index contributed by atoms with van der Waals surface area (Å²) in [6.45, 7) is 2.63. The average Bonchev–Trinajstić information content (AvgIpc) is 3.75. The first-order valence-corrected chi connectivity index (χ1v) is 15.4. The summed E-state index contributed by atoms with van der Waals surface area (Å²) in [6.07, 6.45) is 4.12.